The Labute approximate surface area is 155 Å². The first-order valence-corrected chi connectivity index (χ1v) is 9.02. The van der Waals surface area contributed by atoms with Crippen LogP contribution in [0.4, 0.5) is 5.69 Å². The fraction of sp³-hybridized carbons (Fsp3) is 0.263. The van der Waals surface area contributed by atoms with Gasteiger partial charge >= 0.3 is 0 Å². The van der Waals surface area contributed by atoms with Gasteiger partial charge in [0.1, 0.15) is 17.1 Å². The van der Waals surface area contributed by atoms with E-state index in [1.165, 1.54) is 0 Å². The molecule has 3 rings (SSSR count). The molecule has 0 fully saturated rings. The molecule has 3 aromatic rings. The minimum Gasteiger partial charge on any atom is -0.489 e. The van der Waals surface area contributed by atoms with Gasteiger partial charge in [0, 0.05) is 10.7 Å². The summed E-state index contributed by atoms with van der Waals surface area (Å²) >= 11 is 3.45. The van der Waals surface area contributed by atoms with Gasteiger partial charge in [-0.05, 0) is 60.5 Å². The van der Waals surface area contributed by atoms with Gasteiger partial charge in [0.2, 0.25) is 0 Å². The Morgan fingerprint density at radius 1 is 1.28 bits per heavy atom. The molecular formula is C19H20BrN3O2. The normalized spacial score (nSPS) is 11.1. The van der Waals surface area contributed by atoms with Crippen molar-refractivity contribution in [2.24, 2.45) is 0 Å². The monoisotopic (exact) mass is 401 g/mol. The third kappa shape index (κ3) is 3.69. The van der Waals surface area contributed by atoms with E-state index in [-0.39, 0.29) is 12.0 Å². The number of pyridine rings is 1. The number of halogens is 1. The van der Waals surface area contributed by atoms with Crippen LogP contribution in [-0.4, -0.2) is 21.4 Å². The molecule has 6 heteroatoms. The molecule has 0 atom stereocenters. The summed E-state index contributed by atoms with van der Waals surface area (Å²) in [4.78, 5) is 17.5. The number of fused-ring (bicyclic) bond motifs is 1. The number of ether oxygens (including phenoxy) is 1. The lowest BCUT2D eigenvalue weighted by Crippen LogP contribution is -2.17. The van der Waals surface area contributed by atoms with Crippen LogP contribution in [0.25, 0.3) is 5.65 Å². The second-order valence-electron chi connectivity index (χ2n) is 5.95. The van der Waals surface area contributed by atoms with Gasteiger partial charge < -0.3 is 10.1 Å². The van der Waals surface area contributed by atoms with Crippen molar-refractivity contribution < 1.29 is 9.53 Å². The lowest BCUT2D eigenvalue weighted by atomic mass is 10.2. The molecule has 0 saturated heterocycles. The average molecular weight is 402 g/mol. The summed E-state index contributed by atoms with van der Waals surface area (Å²) in [6.45, 7) is 5.90. The van der Waals surface area contributed by atoms with Crippen LogP contribution in [0.5, 0.6) is 5.75 Å². The zero-order chi connectivity index (χ0) is 18.0. The maximum absolute atomic E-state index is 13.0. The fourth-order valence-corrected chi connectivity index (χ4v) is 3.00. The van der Waals surface area contributed by atoms with Crippen LogP contribution < -0.4 is 10.1 Å². The number of carbonyl (C=O) groups is 1. The van der Waals surface area contributed by atoms with Gasteiger partial charge in [-0.15, -0.1) is 0 Å². The molecule has 0 aliphatic heterocycles. The predicted molar refractivity (Wildman–Crippen MR) is 102 cm³/mol. The smallest absolute Gasteiger partial charge is 0.274 e. The van der Waals surface area contributed by atoms with Crippen molar-refractivity contribution in [2.45, 2.75) is 33.3 Å². The molecule has 2 aromatic heterocycles. The topological polar surface area (TPSA) is 55.6 Å². The third-order valence-corrected chi connectivity index (χ3v) is 4.17. The molecule has 1 N–H and O–H groups in total. The van der Waals surface area contributed by atoms with Crippen molar-refractivity contribution in [3.63, 3.8) is 0 Å². The Bertz CT molecular complexity index is 918. The Kier molecular flexibility index (Phi) is 5.08. The molecule has 0 saturated carbocycles. The summed E-state index contributed by atoms with van der Waals surface area (Å²) in [6, 6.07) is 11.2. The van der Waals surface area contributed by atoms with Crippen molar-refractivity contribution in [3.05, 3.63) is 58.5 Å². The average Bonchev–Trinajstić information content (AvgIpc) is 2.94. The number of imidazole rings is 1. The number of carbonyl (C=O) groups excluding carboxylic acids is 1. The van der Waals surface area contributed by atoms with E-state index in [0.717, 1.165) is 15.8 Å². The van der Waals surface area contributed by atoms with Gasteiger partial charge in [-0.3, -0.25) is 9.20 Å². The van der Waals surface area contributed by atoms with E-state index in [2.05, 4.69) is 26.2 Å². The van der Waals surface area contributed by atoms with Crippen LogP contribution in [0.2, 0.25) is 0 Å². The van der Waals surface area contributed by atoms with Crippen LogP contribution >= 0.6 is 15.9 Å². The van der Waals surface area contributed by atoms with Crippen molar-refractivity contribution in [1.29, 1.82) is 0 Å². The first-order valence-electron chi connectivity index (χ1n) is 8.23. The highest BCUT2D eigenvalue weighted by Crippen LogP contribution is 2.26. The number of hydrogen-bond acceptors (Lipinski definition) is 3. The fourth-order valence-electron chi connectivity index (χ4n) is 2.66. The number of aryl methyl sites for hydroxylation is 1. The number of aromatic nitrogens is 2. The number of para-hydroxylation sites is 2. The molecule has 5 nitrogen and oxygen atoms in total. The molecule has 0 aliphatic carbocycles. The summed E-state index contributed by atoms with van der Waals surface area (Å²) in [5, 5.41) is 2.96. The van der Waals surface area contributed by atoms with E-state index < -0.39 is 0 Å². The Balaban J connectivity index is 2.00. The molecule has 1 amide bonds. The standard InChI is InChI=1S/C19H20BrN3O2/c1-4-14-18(23-11-13(20)9-10-17(23)21-14)19(24)22-15-7-5-6-8-16(15)25-12(2)3/h5-12H,4H2,1-3H3,(H,22,24). The summed E-state index contributed by atoms with van der Waals surface area (Å²) < 4.78 is 8.48. The van der Waals surface area contributed by atoms with Gasteiger partial charge in [-0.25, -0.2) is 4.98 Å². The van der Waals surface area contributed by atoms with Crippen LogP contribution in [0.1, 0.15) is 37.0 Å². The van der Waals surface area contributed by atoms with E-state index >= 15 is 0 Å². The quantitative estimate of drug-likeness (QED) is 0.673. The highest BCUT2D eigenvalue weighted by atomic mass is 79.9. The zero-order valence-corrected chi connectivity index (χ0v) is 16.0. The molecular weight excluding hydrogens is 382 g/mol. The van der Waals surface area contributed by atoms with Gasteiger partial charge in [0.15, 0.2) is 0 Å². The minimum absolute atomic E-state index is 0.0241. The molecule has 0 aliphatic rings. The Morgan fingerprint density at radius 2 is 2.04 bits per heavy atom. The second-order valence-corrected chi connectivity index (χ2v) is 6.87. The minimum atomic E-state index is -0.206. The predicted octanol–water partition coefficient (Wildman–Crippen LogP) is 4.70. The highest BCUT2D eigenvalue weighted by Gasteiger charge is 2.19. The summed E-state index contributed by atoms with van der Waals surface area (Å²) in [7, 11) is 0. The molecule has 2 heterocycles. The SMILES string of the molecule is CCc1nc2ccc(Br)cn2c1C(=O)Nc1ccccc1OC(C)C. The number of benzene rings is 1. The molecule has 130 valence electrons. The number of amides is 1. The summed E-state index contributed by atoms with van der Waals surface area (Å²) in [6.07, 6.45) is 2.55. The van der Waals surface area contributed by atoms with Gasteiger partial charge in [0.05, 0.1) is 17.5 Å². The lowest BCUT2D eigenvalue weighted by Gasteiger charge is -2.15. The highest BCUT2D eigenvalue weighted by molar-refractivity contribution is 9.10. The van der Waals surface area contributed by atoms with Crippen molar-refractivity contribution in [2.75, 3.05) is 5.32 Å². The largest absolute Gasteiger partial charge is 0.489 e. The third-order valence-electron chi connectivity index (χ3n) is 3.70. The number of nitrogens with one attached hydrogen (secondary N) is 1. The molecule has 0 spiro atoms. The van der Waals surface area contributed by atoms with E-state index in [1.807, 2.05) is 67.8 Å². The van der Waals surface area contributed by atoms with Crippen LogP contribution in [0.15, 0.2) is 47.1 Å². The Morgan fingerprint density at radius 3 is 2.76 bits per heavy atom. The van der Waals surface area contributed by atoms with E-state index in [1.54, 1.807) is 0 Å². The van der Waals surface area contributed by atoms with Crippen LogP contribution in [0.3, 0.4) is 0 Å². The number of hydrogen-bond donors (Lipinski definition) is 1. The molecule has 0 radical (unpaired) electrons. The van der Waals surface area contributed by atoms with Gasteiger partial charge in [0.25, 0.3) is 5.91 Å². The van der Waals surface area contributed by atoms with Gasteiger partial charge in [-0.1, -0.05) is 19.1 Å². The van der Waals surface area contributed by atoms with Crippen LogP contribution in [-0.2, 0) is 6.42 Å². The number of rotatable bonds is 5. The maximum Gasteiger partial charge on any atom is 0.274 e. The van der Waals surface area contributed by atoms with Crippen molar-refractivity contribution >= 4 is 33.2 Å². The lowest BCUT2D eigenvalue weighted by molar-refractivity contribution is 0.101. The molecule has 1 aromatic carbocycles. The van der Waals surface area contributed by atoms with E-state index in [9.17, 15) is 4.79 Å². The number of nitrogens with zero attached hydrogens (tertiary/aromatic N) is 2. The zero-order valence-electron chi connectivity index (χ0n) is 14.4. The molecule has 25 heavy (non-hydrogen) atoms. The van der Waals surface area contributed by atoms with Crippen molar-refractivity contribution in [1.82, 2.24) is 9.38 Å². The maximum atomic E-state index is 13.0. The second kappa shape index (κ2) is 7.27. The summed E-state index contributed by atoms with van der Waals surface area (Å²) in [5.41, 5.74) is 2.70. The molecule has 0 bridgehead atoms. The molecule has 0 unspecified atom stereocenters. The first kappa shape index (κ1) is 17.5. The van der Waals surface area contributed by atoms with Gasteiger partial charge in [-0.2, -0.15) is 0 Å². The van der Waals surface area contributed by atoms with E-state index in [4.69, 9.17) is 4.74 Å². The van der Waals surface area contributed by atoms with Crippen molar-refractivity contribution in [3.8, 4) is 5.75 Å². The first-order chi connectivity index (χ1) is 12.0. The Hall–Kier alpha value is -2.34. The van der Waals surface area contributed by atoms with E-state index in [0.29, 0.717) is 23.6 Å². The summed E-state index contributed by atoms with van der Waals surface area (Å²) in [5.74, 6) is 0.446. The van der Waals surface area contributed by atoms with Crippen LogP contribution in [0, 0.1) is 0 Å². The number of anilines is 1.